The van der Waals surface area contributed by atoms with Gasteiger partial charge in [-0.2, -0.15) is 0 Å². The van der Waals surface area contributed by atoms with Crippen LogP contribution in [0.3, 0.4) is 0 Å². The Morgan fingerprint density at radius 1 is 0.812 bits per heavy atom. The number of imide groups is 1. The summed E-state index contributed by atoms with van der Waals surface area (Å²) >= 11 is 0. The van der Waals surface area contributed by atoms with Crippen molar-refractivity contribution >= 4 is 28.8 Å². The maximum Gasteiger partial charge on any atom is 0.282 e. The molecule has 0 aromatic heterocycles. The molecule has 8 heteroatoms. The lowest BCUT2D eigenvalue weighted by atomic mass is 10.0. The minimum atomic E-state index is -1.04. The van der Waals surface area contributed by atoms with Gasteiger partial charge in [0.2, 0.25) is 0 Å². The number of methoxy groups -OCH3 is 2. The smallest absolute Gasteiger partial charge is 0.282 e. The molecular formula is C24H18F2N2O4. The van der Waals surface area contributed by atoms with E-state index in [-0.39, 0.29) is 17.0 Å². The fourth-order valence-electron chi connectivity index (χ4n) is 3.51. The summed E-state index contributed by atoms with van der Waals surface area (Å²) in [5.74, 6) is -2.65. The van der Waals surface area contributed by atoms with Crippen LogP contribution in [-0.2, 0) is 9.59 Å². The third-order valence-corrected chi connectivity index (χ3v) is 4.98. The largest absolute Gasteiger partial charge is 0.496 e. The Hall–Kier alpha value is -4.20. The molecule has 6 nitrogen and oxygen atoms in total. The molecule has 1 aliphatic rings. The summed E-state index contributed by atoms with van der Waals surface area (Å²) in [7, 11) is 2.91. The van der Waals surface area contributed by atoms with Crippen molar-refractivity contribution in [3.05, 3.63) is 89.6 Å². The van der Waals surface area contributed by atoms with Crippen LogP contribution in [0.25, 0.3) is 5.57 Å². The van der Waals surface area contributed by atoms with Crippen molar-refractivity contribution in [2.75, 3.05) is 24.4 Å². The Morgan fingerprint density at radius 3 is 2.16 bits per heavy atom. The molecule has 32 heavy (non-hydrogen) atoms. The molecule has 0 radical (unpaired) electrons. The number of halogens is 2. The molecule has 2 amide bonds. The maximum atomic E-state index is 14.5. The molecule has 0 bridgehead atoms. The van der Waals surface area contributed by atoms with E-state index in [0.717, 1.165) is 12.1 Å². The maximum absolute atomic E-state index is 14.5. The number of carbonyl (C=O) groups is 2. The molecule has 162 valence electrons. The van der Waals surface area contributed by atoms with Crippen LogP contribution in [0.1, 0.15) is 5.56 Å². The highest BCUT2D eigenvalue weighted by molar-refractivity contribution is 6.46. The molecule has 0 saturated carbocycles. The van der Waals surface area contributed by atoms with E-state index in [1.54, 1.807) is 48.5 Å². The number of nitrogens with one attached hydrogen (secondary N) is 1. The van der Waals surface area contributed by atoms with Crippen LogP contribution in [-0.4, -0.2) is 26.0 Å². The molecule has 1 N–H and O–H groups in total. The van der Waals surface area contributed by atoms with Crippen LogP contribution >= 0.6 is 0 Å². The Balaban J connectivity index is 1.90. The van der Waals surface area contributed by atoms with Gasteiger partial charge in [-0.15, -0.1) is 0 Å². The first-order valence-corrected chi connectivity index (χ1v) is 9.57. The van der Waals surface area contributed by atoms with E-state index in [2.05, 4.69) is 5.32 Å². The van der Waals surface area contributed by atoms with Crippen molar-refractivity contribution in [3.8, 4) is 11.5 Å². The van der Waals surface area contributed by atoms with Gasteiger partial charge in [0.05, 0.1) is 31.2 Å². The molecule has 0 saturated heterocycles. The van der Waals surface area contributed by atoms with Crippen molar-refractivity contribution < 1.29 is 27.8 Å². The number of para-hydroxylation sites is 3. The van der Waals surface area contributed by atoms with Crippen molar-refractivity contribution in [2.45, 2.75) is 0 Å². The van der Waals surface area contributed by atoms with E-state index in [0.29, 0.717) is 33.7 Å². The topological polar surface area (TPSA) is 67.9 Å². The van der Waals surface area contributed by atoms with E-state index in [9.17, 15) is 18.4 Å². The van der Waals surface area contributed by atoms with Gasteiger partial charge in [-0.05, 0) is 30.3 Å². The van der Waals surface area contributed by atoms with E-state index in [4.69, 9.17) is 9.47 Å². The van der Waals surface area contributed by atoms with E-state index in [1.165, 1.54) is 14.2 Å². The average Bonchev–Trinajstić information content (AvgIpc) is 3.03. The monoisotopic (exact) mass is 436 g/mol. The number of amides is 2. The highest BCUT2D eigenvalue weighted by Crippen LogP contribution is 2.39. The van der Waals surface area contributed by atoms with Gasteiger partial charge in [0.1, 0.15) is 28.8 Å². The highest BCUT2D eigenvalue weighted by Gasteiger charge is 2.42. The van der Waals surface area contributed by atoms with Crippen molar-refractivity contribution in [1.29, 1.82) is 0 Å². The standard InChI is InChI=1S/C24H18F2N2O4/c1-31-19-9-5-3-7-15(19)21-22(27-17-8-4-6-10-20(17)32-2)24(30)28(23(21)29)18-12-11-14(25)13-16(18)26/h3-13,27H,1-2H3. The number of anilines is 2. The van der Waals surface area contributed by atoms with E-state index in [1.807, 2.05) is 0 Å². The lowest BCUT2D eigenvalue weighted by Gasteiger charge is -2.16. The summed E-state index contributed by atoms with van der Waals surface area (Å²) in [4.78, 5) is 27.5. The Labute approximate surface area is 182 Å². The van der Waals surface area contributed by atoms with Crippen molar-refractivity contribution in [1.82, 2.24) is 0 Å². The zero-order valence-corrected chi connectivity index (χ0v) is 17.2. The molecule has 0 aliphatic carbocycles. The van der Waals surface area contributed by atoms with Crippen LogP contribution < -0.4 is 19.7 Å². The number of benzene rings is 3. The molecule has 0 atom stereocenters. The number of hydrogen-bond acceptors (Lipinski definition) is 5. The fourth-order valence-corrected chi connectivity index (χ4v) is 3.51. The Kier molecular flexibility index (Phi) is 5.59. The lowest BCUT2D eigenvalue weighted by Crippen LogP contribution is -2.33. The number of hydrogen-bond donors (Lipinski definition) is 1. The van der Waals surface area contributed by atoms with Gasteiger partial charge in [0, 0.05) is 11.6 Å². The highest BCUT2D eigenvalue weighted by atomic mass is 19.1. The van der Waals surface area contributed by atoms with Crippen LogP contribution in [0.2, 0.25) is 0 Å². The van der Waals surface area contributed by atoms with Gasteiger partial charge >= 0.3 is 0 Å². The van der Waals surface area contributed by atoms with Gasteiger partial charge < -0.3 is 14.8 Å². The predicted molar refractivity (Wildman–Crippen MR) is 115 cm³/mol. The van der Waals surface area contributed by atoms with Crippen LogP contribution in [0, 0.1) is 11.6 Å². The zero-order chi connectivity index (χ0) is 22.8. The van der Waals surface area contributed by atoms with Gasteiger partial charge in [0.15, 0.2) is 0 Å². The first-order valence-electron chi connectivity index (χ1n) is 9.57. The second-order valence-electron chi connectivity index (χ2n) is 6.82. The molecule has 0 unspecified atom stereocenters. The first-order chi connectivity index (χ1) is 15.5. The van der Waals surface area contributed by atoms with Gasteiger partial charge in [-0.3, -0.25) is 9.59 Å². The summed E-state index contributed by atoms with van der Waals surface area (Å²) < 4.78 is 38.7. The Morgan fingerprint density at radius 2 is 1.47 bits per heavy atom. The molecule has 3 aromatic rings. The van der Waals surface area contributed by atoms with Crippen LogP contribution in [0.15, 0.2) is 72.4 Å². The SMILES string of the molecule is COc1ccccc1NC1=C(c2ccccc2OC)C(=O)N(c2ccc(F)cc2F)C1=O. The van der Waals surface area contributed by atoms with Gasteiger partial charge in [-0.1, -0.05) is 30.3 Å². The summed E-state index contributed by atoms with van der Waals surface area (Å²) in [6, 6.07) is 16.1. The normalized spacial score (nSPS) is 13.6. The number of carbonyl (C=O) groups excluding carboxylic acids is 2. The third-order valence-electron chi connectivity index (χ3n) is 4.98. The Bertz CT molecular complexity index is 1260. The van der Waals surface area contributed by atoms with Gasteiger partial charge in [0.25, 0.3) is 11.8 Å². The number of nitrogens with zero attached hydrogens (tertiary/aromatic N) is 1. The zero-order valence-electron chi connectivity index (χ0n) is 17.2. The summed E-state index contributed by atoms with van der Waals surface area (Å²) in [5, 5.41) is 2.96. The van der Waals surface area contributed by atoms with Crippen molar-refractivity contribution in [2.24, 2.45) is 0 Å². The molecular weight excluding hydrogens is 418 g/mol. The molecule has 0 fully saturated rings. The van der Waals surface area contributed by atoms with Crippen molar-refractivity contribution in [3.63, 3.8) is 0 Å². The molecule has 0 spiro atoms. The van der Waals surface area contributed by atoms with Crippen LogP contribution in [0.5, 0.6) is 11.5 Å². The lowest BCUT2D eigenvalue weighted by molar-refractivity contribution is -0.120. The first kappa shape index (κ1) is 21.0. The second kappa shape index (κ2) is 8.50. The van der Waals surface area contributed by atoms with Crippen LogP contribution in [0.4, 0.5) is 20.2 Å². The molecule has 1 aliphatic heterocycles. The van der Waals surface area contributed by atoms with Gasteiger partial charge in [-0.25, -0.2) is 13.7 Å². The second-order valence-corrected chi connectivity index (χ2v) is 6.82. The van der Waals surface area contributed by atoms with E-state index >= 15 is 0 Å². The van der Waals surface area contributed by atoms with E-state index < -0.39 is 23.4 Å². The molecule has 1 heterocycles. The molecule has 3 aromatic carbocycles. The number of ether oxygens (including phenoxy) is 2. The quantitative estimate of drug-likeness (QED) is 0.581. The molecule has 4 rings (SSSR count). The summed E-state index contributed by atoms with van der Waals surface area (Å²) in [6.07, 6.45) is 0. The fraction of sp³-hybridized carbons (Fsp3) is 0.0833. The minimum absolute atomic E-state index is 0.0120. The minimum Gasteiger partial charge on any atom is -0.496 e. The number of rotatable bonds is 6. The predicted octanol–water partition coefficient (Wildman–Crippen LogP) is 4.38. The third kappa shape index (κ3) is 3.56. The summed E-state index contributed by atoms with van der Waals surface area (Å²) in [6.45, 7) is 0. The average molecular weight is 436 g/mol. The summed E-state index contributed by atoms with van der Waals surface area (Å²) in [5.41, 5.74) is 0.316.